The topological polar surface area (TPSA) is 137 Å². The normalized spacial score (nSPS) is 26.6. The fourth-order valence-corrected chi connectivity index (χ4v) is 2.78. The number of nitrogens with one attached hydrogen (secondary N) is 1. The highest BCUT2D eigenvalue weighted by Gasteiger charge is 2.49. The molecule has 0 aromatic heterocycles. The summed E-state index contributed by atoms with van der Waals surface area (Å²) in [4.78, 5) is 45.9. The molecule has 0 radical (unpaired) electrons. The second kappa shape index (κ2) is 11.4. The molecule has 0 aliphatic carbocycles. The maximum Gasteiger partial charge on any atom is 0.303 e. The van der Waals surface area contributed by atoms with E-state index in [-0.39, 0.29) is 25.4 Å². The van der Waals surface area contributed by atoms with Crippen LogP contribution in [0.4, 0.5) is 0 Å². The molecule has 1 aliphatic heterocycles. The zero-order valence-electron chi connectivity index (χ0n) is 16.2. The minimum absolute atomic E-state index is 0.0286. The Kier molecular flexibility index (Phi) is 9.60. The molecule has 0 saturated carbocycles. The summed E-state index contributed by atoms with van der Waals surface area (Å²) in [6, 6.07) is 0. The molecule has 1 aliphatic rings. The summed E-state index contributed by atoms with van der Waals surface area (Å²) < 4.78 is 21.0. The van der Waals surface area contributed by atoms with Gasteiger partial charge in [0.05, 0.1) is 6.10 Å². The molecule has 0 aromatic carbocycles. The van der Waals surface area contributed by atoms with Crippen molar-refractivity contribution in [2.45, 2.75) is 64.1 Å². The van der Waals surface area contributed by atoms with Gasteiger partial charge in [0.15, 0.2) is 12.2 Å². The number of esters is 3. The van der Waals surface area contributed by atoms with Gasteiger partial charge < -0.3 is 29.4 Å². The summed E-state index contributed by atoms with van der Waals surface area (Å²) in [5, 5.41) is 13.2. The van der Waals surface area contributed by atoms with Crippen molar-refractivity contribution in [2.75, 3.05) is 13.2 Å². The fourth-order valence-electron chi connectivity index (χ4n) is 2.78. The first-order valence-electron chi connectivity index (χ1n) is 8.84. The summed E-state index contributed by atoms with van der Waals surface area (Å²) in [6.45, 7) is 7.01. The van der Waals surface area contributed by atoms with E-state index < -0.39 is 48.4 Å². The first-order valence-corrected chi connectivity index (χ1v) is 8.84. The third-order valence-electron chi connectivity index (χ3n) is 3.91. The van der Waals surface area contributed by atoms with Gasteiger partial charge in [-0.3, -0.25) is 19.2 Å². The van der Waals surface area contributed by atoms with Crippen LogP contribution in [0, 0.1) is 0 Å². The largest absolute Gasteiger partial charge is 0.463 e. The molecule has 0 bridgehead atoms. The van der Waals surface area contributed by atoms with E-state index in [1.54, 1.807) is 0 Å². The quantitative estimate of drug-likeness (QED) is 0.301. The highest BCUT2D eigenvalue weighted by molar-refractivity contribution is 5.76. The number of aliphatic hydroxyl groups excluding tert-OH is 1. The lowest BCUT2D eigenvalue weighted by atomic mass is 9.92. The Morgan fingerprint density at radius 3 is 2.18 bits per heavy atom. The fraction of sp³-hybridized carbons (Fsp3) is 0.667. The molecule has 1 heterocycles. The van der Waals surface area contributed by atoms with Crippen LogP contribution in [0.1, 0.15) is 33.6 Å². The number of aliphatic hydroxyl groups is 1. The molecule has 0 spiro atoms. The van der Waals surface area contributed by atoms with Crippen molar-refractivity contribution in [3.8, 4) is 0 Å². The lowest BCUT2D eigenvalue weighted by molar-refractivity contribution is -0.248. The van der Waals surface area contributed by atoms with Gasteiger partial charge in [0.25, 0.3) is 0 Å². The Morgan fingerprint density at radius 1 is 1.04 bits per heavy atom. The number of rotatable bonds is 9. The maximum absolute atomic E-state index is 11.8. The van der Waals surface area contributed by atoms with Gasteiger partial charge >= 0.3 is 17.9 Å². The van der Waals surface area contributed by atoms with Crippen molar-refractivity contribution < 1.29 is 43.2 Å². The number of hydrogen-bond donors (Lipinski definition) is 2. The van der Waals surface area contributed by atoms with Gasteiger partial charge in [-0.1, -0.05) is 6.08 Å². The first-order chi connectivity index (χ1) is 13.1. The molecule has 0 aromatic rings. The zero-order chi connectivity index (χ0) is 21.3. The number of carbonyl (C=O) groups excluding carboxylic acids is 4. The molecular weight excluding hydrogens is 374 g/mol. The Labute approximate surface area is 163 Å². The van der Waals surface area contributed by atoms with Crippen LogP contribution in [0.3, 0.4) is 0 Å². The molecule has 10 heteroatoms. The van der Waals surface area contributed by atoms with E-state index in [0.29, 0.717) is 6.54 Å². The Morgan fingerprint density at radius 2 is 1.64 bits per heavy atom. The maximum atomic E-state index is 11.8. The van der Waals surface area contributed by atoms with Gasteiger partial charge in [0.2, 0.25) is 5.91 Å². The molecule has 10 nitrogen and oxygen atoms in total. The van der Waals surface area contributed by atoms with Crippen LogP contribution in [0.25, 0.3) is 0 Å². The number of hydrogen-bond acceptors (Lipinski definition) is 9. The van der Waals surface area contributed by atoms with Gasteiger partial charge in [-0.15, -0.1) is 6.58 Å². The second-order valence-electron chi connectivity index (χ2n) is 6.29. The van der Waals surface area contributed by atoms with Gasteiger partial charge in [0, 0.05) is 33.7 Å². The van der Waals surface area contributed by atoms with E-state index in [1.165, 1.54) is 13.0 Å². The summed E-state index contributed by atoms with van der Waals surface area (Å²) in [6.07, 6.45) is -4.01. The Hall–Kier alpha value is -2.46. The van der Waals surface area contributed by atoms with E-state index in [2.05, 4.69) is 11.9 Å². The van der Waals surface area contributed by atoms with Gasteiger partial charge in [-0.2, -0.15) is 0 Å². The summed E-state index contributed by atoms with van der Waals surface area (Å²) in [5.74, 6) is -2.25. The molecule has 1 rings (SSSR count). The minimum Gasteiger partial charge on any atom is -0.463 e. The van der Waals surface area contributed by atoms with Crippen LogP contribution in [0.2, 0.25) is 0 Å². The molecule has 158 valence electrons. The molecule has 28 heavy (non-hydrogen) atoms. The van der Waals surface area contributed by atoms with Crippen LogP contribution >= 0.6 is 0 Å². The second-order valence-corrected chi connectivity index (χ2v) is 6.29. The summed E-state index contributed by atoms with van der Waals surface area (Å²) >= 11 is 0. The third kappa shape index (κ3) is 7.65. The Bertz CT molecular complexity index is 592. The van der Waals surface area contributed by atoms with E-state index in [9.17, 15) is 24.3 Å². The van der Waals surface area contributed by atoms with Gasteiger partial charge in [-0.05, 0) is 6.42 Å². The standard InChI is InChI=1S/C18H27NO9/c1-5-8-19-15(23)7-6-13-16(24)18(27-12(4)22)17(26-11(3)21)14(28-13)9-25-10(2)20/h5,13-14,16-18,24H,1,6-9H2,2-4H3,(H,19,23)/t13-,14-,16+,17-,18-/m1/s1. The molecule has 5 atom stereocenters. The van der Waals surface area contributed by atoms with Crippen molar-refractivity contribution >= 4 is 23.8 Å². The van der Waals surface area contributed by atoms with Crippen molar-refractivity contribution in [3.05, 3.63) is 12.7 Å². The Balaban J connectivity index is 2.97. The van der Waals surface area contributed by atoms with E-state index in [1.807, 2.05) is 0 Å². The van der Waals surface area contributed by atoms with E-state index >= 15 is 0 Å². The summed E-state index contributed by atoms with van der Waals surface area (Å²) in [5.41, 5.74) is 0. The zero-order valence-corrected chi connectivity index (χ0v) is 16.2. The van der Waals surface area contributed by atoms with Gasteiger partial charge in [0.1, 0.15) is 18.8 Å². The lowest BCUT2D eigenvalue weighted by Crippen LogP contribution is -2.61. The SMILES string of the molecule is C=CCNC(=O)CC[C@H]1O[C@H](COC(C)=O)[C@@H](OC(C)=O)[C@H](OC(C)=O)[C@H]1O. The molecule has 1 fully saturated rings. The molecule has 1 amide bonds. The number of carbonyl (C=O) groups is 4. The summed E-state index contributed by atoms with van der Waals surface area (Å²) in [7, 11) is 0. The van der Waals surface area contributed by atoms with Crippen molar-refractivity contribution in [3.63, 3.8) is 0 Å². The van der Waals surface area contributed by atoms with Crippen LogP contribution < -0.4 is 5.32 Å². The monoisotopic (exact) mass is 401 g/mol. The number of amides is 1. The predicted octanol–water partition coefficient (Wildman–Crippen LogP) is -0.376. The first kappa shape index (κ1) is 23.6. The molecule has 1 saturated heterocycles. The van der Waals surface area contributed by atoms with Crippen LogP contribution in [0.5, 0.6) is 0 Å². The van der Waals surface area contributed by atoms with Crippen molar-refractivity contribution in [2.24, 2.45) is 0 Å². The highest BCUT2D eigenvalue weighted by atomic mass is 16.6. The molecule has 2 N–H and O–H groups in total. The average Bonchev–Trinajstić information content (AvgIpc) is 2.60. The lowest BCUT2D eigenvalue weighted by Gasteiger charge is -2.43. The van der Waals surface area contributed by atoms with Crippen molar-refractivity contribution in [1.29, 1.82) is 0 Å². The number of ether oxygens (including phenoxy) is 4. The molecule has 0 unspecified atom stereocenters. The third-order valence-corrected chi connectivity index (χ3v) is 3.91. The average molecular weight is 401 g/mol. The smallest absolute Gasteiger partial charge is 0.303 e. The van der Waals surface area contributed by atoms with Gasteiger partial charge in [-0.25, -0.2) is 0 Å². The van der Waals surface area contributed by atoms with Crippen LogP contribution in [-0.4, -0.2) is 72.6 Å². The van der Waals surface area contributed by atoms with E-state index in [4.69, 9.17) is 18.9 Å². The van der Waals surface area contributed by atoms with Crippen LogP contribution in [0.15, 0.2) is 12.7 Å². The van der Waals surface area contributed by atoms with Crippen LogP contribution in [-0.2, 0) is 38.1 Å². The van der Waals surface area contributed by atoms with Crippen molar-refractivity contribution in [1.82, 2.24) is 5.32 Å². The highest BCUT2D eigenvalue weighted by Crippen LogP contribution is 2.29. The van der Waals surface area contributed by atoms with E-state index in [0.717, 1.165) is 13.8 Å². The minimum atomic E-state index is -1.35. The molecular formula is C18H27NO9. The predicted molar refractivity (Wildman–Crippen MR) is 94.8 cm³/mol.